The van der Waals surface area contributed by atoms with Gasteiger partial charge in [-0.15, -0.1) is 0 Å². The summed E-state index contributed by atoms with van der Waals surface area (Å²) in [6.07, 6.45) is 0. The topological polar surface area (TPSA) is 93.2 Å². The summed E-state index contributed by atoms with van der Waals surface area (Å²) in [5.41, 5.74) is 7.31. The summed E-state index contributed by atoms with van der Waals surface area (Å²) in [6, 6.07) is 5.53. The van der Waals surface area contributed by atoms with Crippen molar-refractivity contribution in [3.63, 3.8) is 0 Å². The zero-order valence-electron chi connectivity index (χ0n) is 11.3. The molecule has 2 aromatic rings. The normalized spacial score (nSPS) is 11.5. The van der Waals surface area contributed by atoms with Crippen molar-refractivity contribution in [3.8, 4) is 0 Å². The standard InChI is InChI=1S/C13H18N4O2/c1-13(2,3)17-11(18)7-15-12-16-9-5-4-8(14)6-10(9)19-12/h4-6H,7,14H2,1-3H3,(H,15,16)(H,17,18). The summed E-state index contributed by atoms with van der Waals surface area (Å²) in [6.45, 7) is 5.88. The van der Waals surface area contributed by atoms with Crippen molar-refractivity contribution in [1.82, 2.24) is 10.3 Å². The van der Waals surface area contributed by atoms with Crippen LogP contribution in [0.4, 0.5) is 11.7 Å². The third-order valence-electron chi connectivity index (χ3n) is 2.33. The van der Waals surface area contributed by atoms with E-state index in [4.69, 9.17) is 10.2 Å². The molecule has 0 aliphatic rings. The summed E-state index contributed by atoms with van der Waals surface area (Å²) in [7, 11) is 0. The van der Waals surface area contributed by atoms with Crippen LogP contribution in [-0.2, 0) is 4.79 Å². The van der Waals surface area contributed by atoms with E-state index in [1.807, 2.05) is 20.8 Å². The maximum atomic E-state index is 11.6. The van der Waals surface area contributed by atoms with Crippen molar-refractivity contribution in [2.24, 2.45) is 0 Å². The van der Waals surface area contributed by atoms with Crippen LogP contribution in [0, 0.1) is 0 Å². The van der Waals surface area contributed by atoms with E-state index >= 15 is 0 Å². The van der Waals surface area contributed by atoms with Crippen LogP contribution in [0.2, 0.25) is 0 Å². The zero-order valence-corrected chi connectivity index (χ0v) is 11.3. The molecule has 0 unspecified atom stereocenters. The average molecular weight is 262 g/mol. The van der Waals surface area contributed by atoms with Gasteiger partial charge >= 0.3 is 0 Å². The molecule has 1 heterocycles. The molecule has 0 atom stereocenters. The monoisotopic (exact) mass is 262 g/mol. The van der Waals surface area contributed by atoms with Crippen LogP contribution in [0.3, 0.4) is 0 Å². The minimum absolute atomic E-state index is 0.111. The van der Waals surface area contributed by atoms with E-state index in [0.717, 1.165) is 0 Å². The molecule has 0 spiro atoms. The van der Waals surface area contributed by atoms with Crippen molar-refractivity contribution in [3.05, 3.63) is 18.2 Å². The number of hydrogen-bond acceptors (Lipinski definition) is 5. The molecule has 0 saturated carbocycles. The highest BCUT2D eigenvalue weighted by Crippen LogP contribution is 2.20. The van der Waals surface area contributed by atoms with Gasteiger partial charge in [-0.3, -0.25) is 4.79 Å². The Morgan fingerprint density at radius 2 is 2.16 bits per heavy atom. The summed E-state index contributed by atoms with van der Waals surface area (Å²) < 4.78 is 5.45. The SMILES string of the molecule is CC(C)(C)NC(=O)CNc1nc2ccc(N)cc2o1. The number of carbonyl (C=O) groups excluding carboxylic acids is 1. The molecule has 6 nitrogen and oxygen atoms in total. The molecular weight excluding hydrogens is 244 g/mol. The minimum atomic E-state index is -0.255. The van der Waals surface area contributed by atoms with Crippen LogP contribution >= 0.6 is 0 Å². The third kappa shape index (κ3) is 3.61. The Labute approximate surface area is 111 Å². The van der Waals surface area contributed by atoms with Gasteiger partial charge in [0.05, 0.1) is 6.54 Å². The van der Waals surface area contributed by atoms with Crippen molar-refractivity contribution in [1.29, 1.82) is 0 Å². The fourth-order valence-corrected chi connectivity index (χ4v) is 1.64. The molecule has 4 N–H and O–H groups in total. The van der Waals surface area contributed by atoms with E-state index in [9.17, 15) is 4.79 Å². The van der Waals surface area contributed by atoms with E-state index in [-0.39, 0.29) is 18.0 Å². The van der Waals surface area contributed by atoms with E-state index in [1.165, 1.54) is 0 Å². The molecule has 19 heavy (non-hydrogen) atoms. The van der Waals surface area contributed by atoms with E-state index in [0.29, 0.717) is 22.8 Å². The lowest BCUT2D eigenvalue weighted by Crippen LogP contribution is -2.43. The van der Waals surface area contributed by atoms with E-state index in [2.05, 4.69) is 15.6 Å². The molecule has 1 amide bonds. The average Bonchev–Trinajstić information content (AvgIpc) is 2.66. The van der Waals surface area contributed by atoms with Gasteiger partial charge in [0.1, 0.15) is 5.52 Å². The number of nitrogens with zero attached hydrogens (tertiary/aromatic N) is 1. The number of fused-ring (bicyclic) bond motifs is 1. The Balaban J connectivity index is 2.00. The Bertz CT molecular complexity index is 598. The molecule has 102 valence electrons. The van der Waals surface area contributed by atoms with E-state index < -0.39 is 0 Å². The molecule has 2 rings (SSSR count). The Morgan fingerprint density at radius 3 is 2.84 bits per heavy atom. The lowest BCUT2D eigenvalue weighted by Gasteiger charge is -2.20. The molecule has 0 aliphatic carbocycles. The van der Waals surface area contributed by atoms with Crippen molar-refractivity contribution >= 4 is 28.7 Å². The maximum absolute atomic E-state index is 11.6. The second kappa shape index (κ2) is 4.79. The van der Waals surface area contributed by atoms with Gasteiger partial charge in [0.25, 0.3) is 6.01 Å². The second-order valence-electron chi connectivity index (χ2n) is 5.40. The van der Waals surface area contributed by atoms with Crippen molar-refractivity contribution < 1.29 is 9.21 Å². The highest BCUT2D eigenvalue weighted by Gasteiger charge is 2.14. The summed E-state index contributed by atoms with van der Waals surface area (Å²) in [5, 5.41) is 5.69. The number of anilines is 2. The van der Waals surface area contributed by atoms with Gasteiger partial charge in [-0.05, 0) is 32.9 Å². The van der Waals surface area contributed by atoms with Crippen LogP contribution in [-0.4, -0.2) is 23.0 Å². The first kappa shape index (κ1) is 13.2. The first-order valence-corrected chi connectivity index (χ1v) is 6.04. The molecule has 1 aromatic carbocycles. The molecule has 0 saturated heterocycles. The van der Waals surface area contributed by atoms with Gasteiger partial charge in [0, 0.05) is 17.3 Å². The second-order valence-corrected chi connectivity index (χ2v) is 5.40. The number of rotatable bonds is 3. The number of aromatic nitrogens is 1. The number of nitrogens with two attached hydrogens (primary N) is 1. The van der Waals surface area contributed by atoms with Crippen LogP contribution in [0.1, 0.15) is 20.8 Å². The Morgan fingerprint density at radius 1 is 1.42 bits per heavy atom. The number of hydrogen-bond donors (Lipinski definition) is 3. The molecule has 0 aliphatic heterocycles. The molecule has 0 fully saturated rings. The number of carbonyl (C=O) groups is 1. The molecule has 0 radical (unpaired) electrons. The van der Waals surface area contributed by atoms with Crippen LogP contribution in [0.15, 0.2) is 22.6 Å². The number of nitrogens with one attached hydrogen (secondary N) is 2. The smallest absolute Gasteiger partial charge is 0.296 e. The highest BCUT2D eigenvalue weighted by atomic mass is 16.4. The Kier molecular flexibility index (Phi) is 3.33. The van der Waals surface area contributed by atoms with Gasteiger partial charge in [-0.2, -0.15) is 4.98 Å². The van der Waals surface area contributed by atoms with E-state index in [1.54, 1.807) is 18.2 Å². The van der Waals surface area contributed by atoms with Gasteiger partial charge in [0.15, 0.2) is 5.58 Å². The predicted octanol–water partition coefficient (Wildman–Crippen LogP) is 1.74. The number of amides is 1. The third-order valence-corrected chi connectivity index (χ3v) is 2.33. The quantitative estimate of drug-likeness (QED) is 0.732. The highest BCUT2D eigenvalue weighted by molar-refractivity contribution is 5.82. The summed E-state index contributed by atoms with van der Waals surface area (Å²) >= 11 is 0. The predicted molar refractivity (Wildman–Crippen MR) is 74.8 cm³/mol. The van der Waals surface area contributed by atoms with Gasteiger partial charge in [-0.1, -0.05) is 0 Å². The van der Waals surface area contributed by atoms with Gasteiger partial charge in [0.2, 0.25) is 5.91 Å². The van der Waals surface area contributed by atoms with Crippen LogP contribution in [0.5, 0.6) is 0 Å². The minimum Gasteiger partial charge on any atom is -0.423 e. The molecule has 1 aromatic heterocycles. The molecule has 0 bridgehead atoms. The zero-order chi connectivity index (χ0) is 14.0. The largest absolute Gasteiger partial charge is 0.423 e. The fraction of sp³-hybridized carbons (Fsp3) is 0.385. The van der Waals surface area contributed by atoms with Gasteiger partial charge < -0.3 is 20.8 Å². The molecular formula is C13H18N4O2. The number of oxazole rings is 1. The number of nitrogen functional groups attached to an aromatic ring is 1. The van der Waals surface area contributed by atoms with Gasteiger partial charge in [-0.25, -0.2) is 0 Å². The lowest BCUT2D eigenvalue weighted by molar-refractivity contribution is -0.120. The molecule has 6 heteroatoms. The van der Waals surface area contributed by atoms with Crippen LogP contribution < -0.4 is 16.4 Å². The fourth-order valence-electron chi connectivity index (χ4n) is 1.64. The summed E-state index contributed by atoms with van der Waals surface area (Å²) in [4.78, 5) is 15.8. The first-order chi connectivity index (χ1) is 8.83. The van der Waals surface area contributed by atoms with Crippen molar-refractivity contribution in [2.75, 3.05) is 17.6 Å². The summed E-state index contributed by atoms with van der Waals surface area (Å²) in [5.74, 6) is -0.116. The number of benzene rings is 1. The lowest BCUT2D eigenvalue weighted by atomic mass is 10.1. The van der Waals surface area contributed by atoms with Crippen molar-refractivity contribution in [2.45, 2.75) is 26.3 Å². The first-order valence-electron chi connectivity index (χ1n) is 6.04. The van der Waals surface area contributed by atoms with Crippen LogP contribution in [0.25, 0.3) is 11.1 Å². The Hall–Kier alpha value is -2.24. The maximum Gasteiger partial charge on any atom is 0.296 e.